The molecule has 0 saturated carbocycles. The van der Waals surface area contributed by atoms with E-state index in [0.29, 0.717) is 5.92 Å². The predicted octanol–water partition coefficient (Wildman–Crippen LogP) is 4.09. The topological polar surface area (TPSA) is 95.2 Å². The summed E-state index contributed by atoms with van der Waals surface area (Å²) in [6.45, 7) is 2.09. The number of fused-ring (bicyclic) bond motifs is 2. The van der Waals surface area contributed by atoms with E-state index in [4.69, 9.17) is 4.98 Å². The van der Waals surface area contributed by atoms with Crippen LogP contribution in [0.25, 0.3) is 44.6 Å². The van der Waals surface area contributed by atoms with Gasteiger partial charge in [-0.1, -0.05) is 0 Å². The standard InChI is InChI=1S/C21H19N7S/c1-4-22-5-2-12(1)16-7-14-17(10-24-16)27-28-20(14)21-25-18-9-23-8-15(19(18)26-21)13-3-6-29-11-13/h3,6-12,22H,1-2,4-5H2,(H,25,26)(H,27,28). The molecule has 0 aliphatic carbocycles. The highest BCUT2D eigenvalue weighted by Gasteiger charge is 2.20. The molecule has 7 nitrogen and oxygen atoms in total. The van der Waals surface area contributed by atoms with Crippen molar-refractivity contribution in [2.24, 2.45) is 0 Å². The van der Waals surface area contributed by atoms with Crippen LogP contribution in [0.1, 0.15) is 24.5 Å². The number of piperidine rings is 1. The number of hydrogen-bond acceptors (Lipinski definition) is 6. The first kappa shape index (κ1) is 16.8. The van der Waals surface area contributed by atoms with E-state index in [1.807, 2.05) is 18.6 Å². The predicted molar refractivity (Wildman–Crippen MR) is 115 cm³/mol. The van der Waals surface area contributed by atoms with Gasteiger partial charge in [0.15, 0.2) is 5.82 Å². The number of H-pyrrole nitrogens is 2. The van der Waals surface area contributed by atoms with Crippen LogP contribution in [-0.2, 0) is 0 Å². The van der Waals surface area contributed by atoms with E-state index < -0.39 is 0 Å². The molecule has 1 aliphatic heterocycles. The summed E-state index contributed by atoms with van der Waals surface area (Å²) in [5.74, 6) is 1.24. The molecule has 1 fully saturated rings. The molecule has 144 valence electrons. The lowest BCUT2D eigenvalue weighted by molar-refractivity contribution is 0.453. The van der Waals surface area contributed by atoms with Gasteiger partial charge < -0.3 is 10.3 Å². The minimum atomic E-state index is 0.494. The molecule has 29 heavy (non-hydrogen) atoms. The highest BCUT2D eigenvalue weighted by atomic mass is 32.1. The summed E-state index contributed by atoms with van der Waals surface area (Å²) in [5.41, 5.74) is 6.88. The first-order chi connectivity index (χ1) is 14.4. The third-order valence-corrected chi connectivity index (χ3v) is 6.36. The minimum absolute atomic E-state index is 0.494. The third-order valence-electron chi connectivity index (χ3n) is 5.68. The lowest BCUT2D eigenvalue weighted by Gasteiger charge is -2.21. The van der Waals surface area contributed by atoms with E-state index in [0.717, 1.165) is 76.2 Å². The van der Waals surface area contributed by atoms with Gasteiger partial charge in [-0.2, -0.15) is 16.4 Å². The molecule has 1 aliphatic rings. The van der Waals surface area contributed by atoms with Crippen LogP contribution in [0.15, 0.2) is 41.5 Å². The fraction of sp³-hybridized carbons (Fsp3) is 0.238. The maximum atomic E-state index is 4.90. The zero-order chi connectivity index (χ0) is 19.2. The molecule has 0 bridgehead atoms. The number of imidazole rings is 1. The summed E-state index contributed by atoms with van der Waals surface area (Å²) in [4.78, 5) is 17.4. The van der Waals surface area contributed by atoms with Gasteiger partial charge in [0.2, 0.25) is 0 Å². The highest BCUT2D eigenvalue weighted by molar-refractivity contribution is 7.08. The minimum Gasteiger partial charge on any atom is -0.335 e. The molecule has 1 saturated heterocycles. The van der Waals surface area contributed by atoms with Crippen molar-refractivity contribution in [3.8, 4) is 22.6 Å². The Balaban J connectivity index is 1.48. The second-order valence-corrected chi connectivity index (χ2v) is 8.21. The van der Waals surface area contributed by atoms with Crippen molar-refractivity contribution in [1.29, 1.82) is 0 Å². The fourth-order valence-corrected chi connectivity index (χ4v) is 4.78. The van der Waals surface area contributed by atoms with Crippen LogP contribution < -0.4 is 5.32 Å². The highest BCUT2D eigenvalue weighted by Crippen LogP contribution is 2.33. The smallest absolute Gasteiger partial charge is 0.159 e. The summed E-state index contributed by atoms with van der Waals surface area (Å²) in [6.07, 6.45) is 7.82. The zero-order valence-electron chi connectivity index (χ0n) is 15.6. The number of rotatable bonds is 3. The van der Waals surface area contributed by atoms with Gasteiger partial charge in [0.1, 0.15) is 11.2 Å². The molecular weight excluding hydrogens is 382 g/mol. The van der Waals surface area contributed by atoms with Gasteiger partial charge in [0.05, 0.1) is 23.4 Å². The van der Waals surface area contributed by atoms with E-state index in [2.05, 4.69) is 53.4 Å². The van der Waals surface area contributed by atoms with Gasteiger partial charge in [-0.05, 0) is 54.4 Å². The average Bonchev–Trinajstić information content (AvgIpc) is 3.52. The molecule has 5 aromatic heterocycles. The Morgan fingerprint density at radius 3 is 2.86 bits per heavy atom. The van der Waals surface area contributed by atoms with Crippen LogP contribution in [0.5, 0.6) is 0 Å². The Bertz CT molecular complexity index is 1300. The molecule has 0 spiro atoms. The molecule has 0 amide bonds. The molecule has 8 heteroatoms. The van der Waals surface area contributed by atoms with Gasteiger partial charge in [-0.25, -0.2) is 4.98 Å². The van der Waals surface area contributed by atoms with Gasteiger partial charge in [0.25, 0.3) is 0 Å². The third kappa shape index (κ3) is 2.83. The number of hydrogen-bond donors (Lipinski definition) is 3. The van der Waals surface area contributed by atoms with E-state index in [1.54, 1.807) is 11.3 Å². The van der Waals surface area contributed by atoms with Crippen molar-refractivity contribution >= 4 is 33.3 Å². The van der Waals surface area contributed by atoms with Gasteiger partial charge >= 0.3 is 0 Å². The molecule has 5 aromatic rings. The van der Waals surface area contributed by atoms with Crippen LogP contribution in [0.2, 0.25) is 0 Å². The Kier molecular flexibility index (Phi) is 3.92. The van der Waals surface area contributed by atoms with Crippen molar-refractivity contribution in [1.82, 2.24) is 35.5 Å². The van der Waals surface area contributed by atoms with E-state index in [9.17, 15) is 0 Å². The molecule has 0 aromatic carbocycles. The SMILES string of the molecule is c1cc(-c2cncc3[nH]c(-c4n[nH]c5cnc(C6CCNCC6)cc45)nc23)cs1. The Hall–Kier alpha value is -3.10. The first-order valence-electron chi connectivity index (χ1n) is 9.78. The molecule has 0 atom stereocenters. The molecule has 6 heterocycles. The number of aromatic nitrogens is 6. The normalized spacial score (nSPS) is 15.4. The van der Waals surface area contributed by atoms with Crippen molar-refractivity contribution in [3.63, 3.8) is 0 Å². The lowest BCUT2D eigenvalue weighted by Crippen LogP contribution is -2.27. The largest absolute Gasteiger partial charge is 0.335 e. The number of nitrogens with zero attached hydrogens (tertiary/aromatic N) is 4. The maximum absolute atomic E-state index is 4.90. The second kappa shape index (κ2) is 6.75. The van der Waals surface area contributed by atoms with E-state index in [-0.39, 0.29) is 0 Å². The fourth-order valence-electron chi connectivity index (χ4n) is 4.13. The molecule has 6 rings (SSSR count). The summed E-state index contributed by atoms with van der Waals surface area (Å²) < 4.78 is 0. The molecule has 0 unspecified atom stereocenters. The Morgan fingerprint density at radius 1 is 1.07 bits per heavy atom. The second-order valence-electron chi connectivity index (χ2n) is 7.43. The molecule has 3 N–H and O–H groups in total. The summed E-state index contributed by atoms with van der Waals surface area (Å²) in [7, 11) is 0. The molecule has 0 radical (unpaired) electrons. The van der Waals surface area contributed by atoms with Crippen LogP contribution in [0, 0.1) is 0 Å². The Morgan fingerprint density at radius 2 is 2.00 bits per heavy atom. The van der Waals surface area contributed by atoms with Crippen LogP contribution in [0.3, 0.4) is 0 Å². The van der Waals surface area contributed by atoms with Crippen molar-refractivity contribution < 1.29 is 0 Å². The van der Waals surface area contributed by atoms with Crippen molar-refractivity contribution in [2.45, 2.75) is 18.8 Å². The van der Waals surface area contributed by atoms with Crippen molar-refractivity contribution in [3.05, 3.63) is 47.2 Å². The lowest BCUT2D eigenvalue weighted by atomic mass is 9.93. The van der Waals surface area contributed by atoms with E-state index in [1.165, 1.54) is 0 Å². The summed E-state index contributed by atoms with van der Waals surface area (Å²) in [6, 6.07) is 4.27. The van der Waals surface area contributed by atoms with Gasteiger partial charge in [-0.15, -0.1) is 0 Å². The van der Waals surface area contributed by atoms with Gasteiger partial charge in [-0.3, -0.25) is 15.1 Å². The van der Waals surface area contributed by atoms with Crippen LogP contribution in [0.4, 0.5) is 0 Å². The summed E-state index contributed by atoms with van der Waals surface area (Å²) >= 11 is 1.67. The average molecular weight is 401 g/mol. The van der Waals surface area contributed by atoms with Gasteiger partial charge in [0, 0.05) is 28.8 Å². The van der Waals surface area contributed by atoms with Crippen LogP contribution in [-0.4, -0.2) is 43.2 Å². The number of thiophene rings is 1. The number of nitrogens with one attached hydrogen (secondary N) is 3. The molecular formula is C21H19N7S. The maximum Gasteiger partial charge on any atom is 0.159 e. The number of aromatic amines is 2. The van der Waals surface area contributed by atoms with Crippen LogP contribution >= 0.6 is 11.3 Å². The van der Waals surface area contributed by atoms with Crippen molar-refractivity contribution in [2.75, 3.05) is 13.1 Å². The summed E-state index contributed by atoms with van der Waals surface area (Å²) in [5, 5.41) is 16.3. The monoisotopic (exact) mass is 401 g/mol. The first-order valence-corrected chi connectivity index (χ1v) is 10.7. The van der Waals surface area contributed by atoms with E-state index >= 15 is 0 Å². The zero-order valence-corrected chi connectivity index (χ0v) is 16.5. The Labute approximate surface area is 170 Å². The number of pyridine rings is 2. The quantitative estimate of drug-likeness (QED) is 0.423.